The zero-order valence-electron chi connectivity index (χ0n) is 20.1. The maximum Gasteiger partial charge on any atom is 0.344 e. The van der Waals surface area contributed by atoms with Gasteiger partial charge < -0.3 is 24.6 Å². The van der Waals surface area contributed by atoms with Crippen molar-refractivity contribution in [1.82, 2.24) is 5.32 Å². The summed E-state index contributed by atoms with van der Waals surface area (Å²) in [5, 5.41) is 12.3. The van der Waals surface area contributed by atoms with Crippen LogP contribution < -0.4 is 15.0 Å². The van der Waals surface area contributed by atoms with E-state index >= 15 is 0 Å². The molecule has 0 saturated heterocycles. The number of fused-ring (bicyclic) bond motifs is 1. The van der Waals surface area contributed by atoms with Crippen LogP contribution in [0.2, 0.25) is 0 Å². The predicted molar refractivity (Wildman–Crippen MR) is 126 cm³/mol. The van der Waals surface area contributed by atoms with Crippen LogP contribution in [-0.2, 0) is 28.7 Å². The molecule has 1 aliphatic carbocycles. The molecule has 0 radical (unpaired) electrons. The van der Waals surface area contributed by atoms with Gasteiger partial charge in [0, 0.05) is 6.42 Å². The third kappa shape index (κ3) is 7.95. The van der Waals surface area contributed by atoms with E-state index < -0.39 is 43.0 Å². The number of carboxylic acids is 1. The lowest BCUT2D eigenvalue weighted by Crippen LogP contribution is -2.50. The Balaban J connectivity index is 1.38. The Bertz CT molecular complexity index is 899. The maximum atomic E-state index is 12.9. The second-order valence-corrected chi connectivity index (χ2v) is 8.96. The minimum Gasteiger partial charge on any atom is -0.489 e. The molecule has 1 aromatic carbocycles. The summed E-state index contributed by atoms with van der Waals surface area (Å²) in [7, 11) is 0. The second kappa shape index (κ2) is 13.1. The van der Waals surface area contributed by atoms with Crippen molar-refractivity contribution >= 4 is 29.5 Å². The van der Waals surface area contributed by atoms with Crippen molar-refractivity contribution in [3.05, 3.63) is 24.3 Å². The van der Waals surface area contributed by atoms with Crippen LogP contribution in [0.15, 0.2) is 24.3 Å². The monoisotopic (exact) mass is 490 g/mol. The number of nitrogens with one attached hydrogen (secondary N) is 1. The summed E-state index contributed by atoms with van der Waals surface area (Å²) >= 11 is 0. The summed E-state index contributed by atoms with van der Waals surface area (Å²) in [5.41, 5.74) is 0.400. The number of esters is 2. The Morgan fingerprint density at radius 2 is 1.91 bits per heavy atom. The summed E-state index contributed by atoms with van der Waals surface area (Å²) in [5.74, 6) is -1.84. The Labute approximate surface area is 204 Å². The van der Waals surface area contributed by atoms with Crippen molar-refractivity contribution in [1.29, 1.82) is 0 Å². The molecule has 2 aliphatic rings. The van der Waals surface area contributed by atoms with Crippen LogP contribution in [0.25, 0.3) is 0 Å². The van der Waals surface area contributed by atoms with Gasteiger partial charge in [-0.15, -0.1) is 0 Å². The first-order valence-corrected chi connectivity index (χ1v) is 12.2. The fourth-order valence-corrected chi connectivity index (χ4v) is 4.46. The molecule has 0 aromatic heterocycles. The molecule has 1 aromatic rings. The van der Waals surface area contributed by atoms with Crippen molar-refractivity contribution in [3.63, 3.8) is 0 Å². The van der Waals surface area contributed by atoms with Crippen LogP contribution in [0.5, 0.6) is 5.75 Å². The number of amides is 1. The number of rotatable bonds is 11. The van der Waals surface area contributed by atoms with Crippen molar-refractivity contribution in [3.8, 4) is 5.75 Å². The predicted octanol–water partition coefficient (Wildman–Crippen LogP) is 2.29. The number of carboxylic acid groups (broad SMARTS) is 1. The summed E-state index contributed by atoms with van der Waals surface area (Å²) in [6.45, 7) is 1.31. The fraction of sp³-hybridized carbons (Fsp3) is 0.600. The molecule has 1 saturated carbocycles. The summed E-state index contributed by atoms with van der Waals surface area (Å²) in [6.07, 6.45) is 5.86. The largest absolute Gasteiger partial charge is 0.489 e. The molecule has 2 atom stereocenters. The minimum absolute atomic E-state index is 0.0292. The molecule has 2 N–H and O–H groups in total. The zero-order chi connectivity index (χ0) is 25.2. The van der Waals surface area contributed by atoms with Crippen molar-refractivity contribution in [2.45, 2.75) is 64.0 Å². The van der Waals surface area contributed by atoms with Crippen molar-refractivity contribution < 1.29 is 38.5 Å². The molecular formula is C25H34N2O8. The molecule has 0 spiro atoms. The average Bonchev–Trinajstić information content (AvgIpc) is 2.97. The van der Waals surface area contributed by atoms with Crippen LogP contribution in [-0.4, -0.2) is 67.4 Å². The highest BCUT2D eigenvalue weighted by molar-refractivity contribution is 6.02. The van der Waals surface area contributed by atoms with Gasteiger partial charge in [-0.2, -0.15) is 0 Å². The lowest BCUT2D eigenvalue weighted by atomic mass is 9.86. The third-order valence-electron chi connectivity index (χ3n) is 6.35. The van der Waals surface area contributed by atoms with Gasteiger partial charge in [0.15, 0.2) is 6.61 Å². The van der Waals surface area contributed by atoms with Crippen LogP contribution in [0.1, 0.15) is 51.9 Å². The van der Waals surface area contributed by atoms with E-state index in [1.807, 2.05) is 6.92 Å². The van der Waals surface area contributed by atoms with Gasteiger partial charge in [0.1, 0.15) is 31.0 Å². The molecule has 2 unspecified atom stereocenters. The van der Waals surface area contributed by atoms with E-state index in [2.05, 4.69) is 5.32 Å². The molecule has 10 heteroatoms. The third-order valence-corrected chi connectivity index (χ3v) is 6.35. The summed E-state index contributed by atoms with van der Waals surface area (Å²) in [4.78, 5) is 49.4. The fourth-order valence-electron chi connectivity index (χ4n) is 4.46. The molecular weight excluding hydrogens is 456 g/mol. The van der Waals surface area contributed by atoms with Gasteiger partial charge in [-0.3, -0.25) is 19.3 Å². The zero-order valence-corrected chi connectivity index (χ0v) is 20.1. The van der Waals surface area contributed by atoms with Crippen LogP contribution >= 0.6 is 0 Å². The van der Waals surface area contributed by atoms with Gasteiger partial charge in [0.05, 0.1) is 5.69 Å². The number of benzene rings is 1. The standard InChI is InChI=1S/C25H34N2O8/c1-17(18-8-3-2-4-9-18)35-24(31)16-34-23(30)12-7-13-26-19-15-33-21-11-6-5-10-20(21)27(25(19)32)14-22(28)29/h5-6,10-11,17-19,26H,2-4,7-9,12-16H2,1H3,(H,28,29). The van der Waals surface area contributed by atoms with Gasteiger partial charge in [-0.25, -0.2) is 4.79 Å². The average molecular weight is 491 g/mol. The number of para-hydroxylation sites is 2. The van der Waals surface area contributed by atoms with E-state index in [1.165, 1.54) is 11.3 Å². The number of ether oxygens (including phenoxy) is 3. The van der Waals surface area contributed by atoms with E-state index in [1.54, 1.807) is 24.3 Å². The van der Waals surface area contributed by atoms with Gasteiger partial charge in [0.25, 0.3) is 0 Å². The Morgan fingerprint density at radius 1 is 1.17 bits per heavy atom. The molecule has 1 heterocycles. The first kappa shape index (κ1) is 26.5. The molecule has 0 bridgehead atoms. The van der Waals surface area contributed by atoms with Crippen LogP contribution in [0, 0.1) is 5.92 Å². The second-order valence-electron chi connectivity index (χ2n) is 8.96. The van der Waals surface area contributed by atoms with E-state index in [-0.39, 0.29) is 19.1 Å². The molecule has 1 aliphatic heterocycles. The topological polar surface area (TPSA) is 131 Å². The molecule has 3 rings (SSSR count). The SMILES string of the molecule is CC(OC(=O)COC(=O)CCCNC1COc2ccccc2N(CC(=O)O)C1=O)C1CCCCC1. The number of nitrogens with zero attached hydrogens (tertiary/aromatic N) is 1. The Morgan fingerprint density at radius 3 is 2.66 bits per heavy atom. The maximum absolute atomic E-state index is 12.9. The Hall–Kier alpha value is -3.14. The smallest absolute Gasteiger partial charge is 0.344 e. The molecule has 1 fully saturated rings. The lowest BCUT2D eigenvalue weighted by Gasteiger charge is -2.27. The first-order chi connectivity index (χ1) is 16.8. The number of carbonyl (C=O) groups is 4. The highest BCUT2D eigenvalue weighted by atomic mass is 16.6. The minimum atomic E-state index is -1.14. The van der Waals surface area contributed by atoms with Gasteiger partial charge in [-0.05, 0) is 50.8 Å². The molecule has 192 valence electrons. The van der Waals surface area contributed by atoms with E-state index in [4.69, 9.17) is 14.2 Å². The van der Waals surface area contributed by atoms with E-state index in [0.717, 1.165) is 25.7 Å². The molecule has 35 heavy (non-hydrogen) atoms. The Kier molecular flexibility index (Phi) is 9.89. The summed E-state index contributed by atoms with van der Waals surface area (Å²) < 4.78 is 16.1. The van der Waals surface area contributed by atoms with E-state index in [0.29, 0.717) is 30.3 Å². The summed E-state index contributed by atoms with van der Waals surface area (Å²) in [6, 6.07) is 5.99. The van der Waals surface area contributed by atoms with Crippen molar-refractivity contribution in [2.24, 2.45) is 5.92 Å². The van der Waals surface area contributed by atoms with Crippen molar-refractivity contribution in [2.75, 3.05) is 31.2 Å². The number of carbonyl (C=O) groups excluding carboxylic acids is 3. The molecule has 1 amide bonds. The van der Waals surface area contributed by atoms with Crippen LogP contribution in [0.4, 0.5) is 5.69 Å². The first-order valence-electron chi connectivity index (χ1n) is 12.2. The molecule has 10 nitrogen and oxygen atoms in total. The highest BCUT2D eigenvalue weighted by Crippen LogP contribution is 2.31. The number of aliphatic carboxylic acids is 1. The van der Waals surface area contributed by atoms with E-state index in [9.17, 15) is 24.3 Å². The van der Waals surface area contributed by atoms with Gasteiger partial charge in [-0.1, -0.05) is 31.4 Å². The lowest BCUT2D eigenvalue weighted by molar-refractivity contribution is -0.163. The number of hydrogen-bond donors (Lipinski definition) is 2. The normalized spacial score (nSPS) is 19.2. The highest BCUT2D eigenvalue weighted by Gasteiger charge is 2.32. The van der Waals surface area contributed by atoms with Gasteiger partial charge in [0.2, 0.25) is 5.91 Å². The number of anilines is 1. The number of hydrogen-bond acceptors (Lipinski definition) is 8. The van der Waals surface area contributed by atoms with Crippen LogP contribution in [0.3, 0.4) is 0 Å². The van der Waals surface area contributed by atoms with Gasteiger partial charge >= 0.3 is 17.9 Å². The quantitative estimate of drug-likeness (QED) is 0.354.